The maximum Gasteiger partial charge on any atom is 0.338 e. The first-order valence-corrected chi connectivity index (χ1v) is 11.4. The minimum Gasteiger partial charge on any atom is -0.504 e. The summed E-state index contributed by atoms with van der Waals surface area (Å²) in [5.41, 5.74) is 1.89. The summed E-state index contributed by atoms with van der Waals surface area (Å²) in [5, 5.41) is 9.87. The lowest BCUT2D eigenvalue weighted by atomic mass is 9.95. The van der Waals surface area contributed by atoms with Crippen molar-refractivity contribution in [3.8, 4) is 17.2 Å². The Kier molecular flexibility index (Phi) is 6.56. The van der Waals surface area contributed by atoms with Gasteiger partial charge in [-0.1, -0.05) is 29.5 Å². The Morgan fingerprint density at radius 2 is 2.00 bits per heavy atom. The van der Waals surface area contributed by atoms with Crippen LogP contribution in [0.3, 0.4) is 0 Å². The van der Waals surface area contributed by atoms with E-state index in [9.17, 15) is 14.7 Å². The fourth-order valence-electron chi connectivity index (χ4n) is 3.85. The summed E-state index contributed by atoms with van der Waals surface area (Å²) in [4.78, 5) is 31.6. The molecule has 176 valence electrons. The Morgan fingerprint density at radius 1 is 1.21 bits per heavy atom. The number of aromatic nitrogens is 1. The molecule has 0 saturated heterocycles. The van der Waals surface area contributed by atoms with Gasteiger partial charge in [-0.3, -0.25) is 9.36 Å². The summed E-state index contributed by atoms with van der Waals surface area (Å²) >= 11 is 1.22. The number of hydrogen-bond acceptors (Lipinski definition) is 8. The molecule has 9 heteroatoms. The van der Waals surface area contributed by atoms with Gasteiger partial charge in [0.15, 0.2) is 16.3 Å². The predicted molar refractivity (Wildman–Crippen MR) is 128 cm³/mol. The summed E-state index contributed by atoms with van der Waals surface area (Å²) in [7, 11) is 3.02. The van der Waals surface area contributed by atoms with E-state index in [0.29, 0.717) is 43.2 Å². The van der Waals surface area contributed by atoms with Crippen LogP contribution in [-0.4, -0.2) is 36.5 Å². The van der Waals surface area contributed by atoms with Crippen LogP contribution in [0.5, 0.6) is 17.2 Å². The highest BCUT2D eigenvalue weighted by molar-refractivity contribution is 7.07. The molecule has 0 spiro atoms. The molecule has 1 aliphatic heterocycles. The molecule has 1 aromatic heterocycles. The second-order valence-corrected chi connectivity index (χ2v) is 8.52. The third kappa shape index (κ3) is 4.22. The van der Waals surface area contributed by atoms with Crippen molar-refractivity contribution in [2.24, 2.45) is 4.99 Å². The summed E-state index contributed by atoms with van der Waals surface area (Å²) < 4.78 is 17.8. The molecule has 2 heterocycles. The SMILES string of the molecule is CCOC(=O)C1=C(C)N=c2sc(=Cc3ccc(O)c(OC)c3)c(=O)n2[C@@H]1c1cccc(OC)c1. The number of fused-ring (bicyclic) bond motifs is 1. The van der Waals surface area contributed by atoms with Crippen LogP contribution in [0.2, 0.25) is 0 Å². The highest BCUT2D eigenvalue weighted by atomic mass is 32.1. The molecule has 2 aromatic carbocycles. The van der Waals surface area contributed by atoms with E-state index in [2.05, 4.69) is 4.99 Å². The highest BCUT2D eigenvalue weighted by Crippen LogP contribution is 2.32. The lowest BCUT2D eigenvalue weighted by Crippen LogP contribution is -2.39. The van der Waals surface area contributed by atoms with E-state index >= 15 is 0 Å². The zero-order valence-electron chi connectivity index (χ0n) is 19.2. The summed E-state index contributed by atoms with van der Waals surface area (Å²) in [6.07, 6.45) is 1.71. The summed E-state index contributed by atoms with van der Waals surface area (Å²) in [6.45, 7) is 3.67. The van der Waals surface area contributed by atoms with Crippen LogP contribution in [0.15, 0.2) is 63.5 Å². The molecule has 8 nitrogen and oxygen atoms in total. The van der Waals surface area contributed by atoms with Crippen LogP contribution in [0, 0.1) is 0 Å². The molecule has 0 bridgehead atoms. The molecule has 1 aliphatic rings. The monoisotopic (exact) mass is 480 g/mol. The number of aromatic hydroxyl groups is 1. The van der Waals surface area contributed by atoms with Gasteiger partial charge in [-0.2, -0.15) is 0 Å². The number of esters is 1. The van der Waals surface area contributed by atoms with E-state index in [1.54, 1.807) is 51.3 Å². The van der Waals surface area contributed by atoms with Gasteiger partial charge in [0.05, 0.1) is 42.7 Å². The third-order valence-corrected chi connectivity index (χ3v) is 6.41. The lowest BCUT2D eigenvalue weighted by molar-refractivity contribution is -0.139. The minimum absolute atomic E-state index is 0.00818. The molecule has 1 N–H and O–H groups in total. The molecule has 3 aromatic rings. The van der Waals surface area contributed by atoms with Gasteiger partial charge in [-0.25, -0.2) is 9.79 Å². The highest BCUT2D eigenvalue weighted by Gasteiger charge is 2.33. The van der Waals surface area contributed by atoms with Crippen molar-refractivity contribution in [1.82, 2.24) is 4.57 Å². The molecule has 0 saturated carbocycles. The third-order valence-electron chi connectivity index (χ3n) is 5.43. The number of thiazole rings is 1. The topological polar surface area (TPSA) is 99.4 Å². The Labute approximate surface area is 199 Å². The average Bonchev–Trinajstić information content (AvgIpc) is 3.13. The number of phenolic OH excluding ortho intramolecular Hbond substituents is 1. The number of rotatable bonds is 6. The molecular weight excluding hydrogens is 456 g/mol. The van der Waals surface area contributed by atoms with Crippen LogP contribution >= 0.6 is 11.3 Å². The van der Waals surface area contributed by atoms with Crippen LogP contribution in [0.1, 0.15) is 31.0 Å². The predicted octanol–water partition coefficient (Wildman–Crippen LogP) is 2.52. The van der Waals surface area contributed by atoms with Crippen LogP contribution in [0.4, 0.5) is 0 Å². The molecule has 34 heavy (non-hydrogen) atoms. The van der Waals surface area contributed by atoms with Crippen molar-refractivity contribution in [3.05, 3.63) is 84.5 Å². The molecule has 4 rings (SSSR count). The molecular formula is C25H24N2O6S. The molecule has 1 atom stereocenters. The number of nitrogens with zero attached hydrogens (tertiary/aromatic N) is 2. The Hall–Kier alpha value is -3.85. The van der Waals surface area contributed by atoms with Crippen LogP contribution < -0.4 is 24.4 Å². The maximum absolute atomic E-state index is 13.6. The molecule has 0 radical (unpaired) electrons. The Morgan fingerprint density at radius 3 is 2.71 bits per heavy atom. The second kappa shape index (κ2) is 9.56. The van der Waals surface area contributed by atoms with E-state index in [4.69, 9.17) is 14.2 Å². The van der Waals surface area contributed by atoms with Crippen molar-refractivity contribution in [3.63, 3.8) is 0 Å². The summed E-state index contributed by atoms with van der Waals surface area (Å²) in [6, 6.07) is 11.4. The van der Waals surface area contributed by atoms with E-state index in [-0.39, 0.29) is 17.9 Å². The Bertz CT molecular complexity index is 1470. The molecule has 0 amide bonds. The van der Waals surface area contributed by atoms with Gasteiger partial charge in [-0.05, 0) is 55.3 Å². The second-order valence-electron chi connectivity index (χ2n) is 7.51. The van der Waals surface area contributed by atoms with Crippen LogP contribution in [-0.2, 0) is 9.53 Å². The number of hydrogen-bond donors (Lipinski definition) is 1. The number of benzene rings is 2. The number of carbonyl (C=O) groups excluding carboxylic acids is 1. The maximum atomic E-state index is 13.6. The van der Waals surface area contributed by atoms with Gasteiger partial charge in [0.1, 0.15) is 5.75 Å². The van der Waals surface area contributed by atoms with Crippen LogP contribution in [0.25, 0.3) is 6.08 Å². The van der Waals surface area contributed by atoms with E-state index in [1.807, 2.05) is 12.1 Å². The van der Waals surface area contributed by atoms with Gasteiger partial charge >= 0.3 is 5.97 Å². The smallest absolute Gasteiger partial charge is 0.338 e. The first-order chi connectivity index (χ1) is 16.4. The van der Waals surface area contributed by atoms with Crippen molar-refractivity contribution in [1.29, 1.82) is 0 Å². The molecule has 0 fully saturated rings. The normalized spacial score (nSPS) is 15.5. The lowest BCUT2D eigenvalue weighted by Gasteiger charge is -2.25. The minimum atomic E-state index is -0.720. The fraction of sp³-hybridized carbons (Fsp3) is 0.240. The number of carbonyl (C=O) groups is 1. The number of phenols is 1. The first-order valence-electron chi connectivity index (χ1n) is 10.6. The van der Waals surface area contributed by atoms with Crippen molar-refractivity contribution >= 4 is 23.4 Å². The fourth-order valence-corrected chi connectivity index (χ4v) is 4.90. The largest absolute Gasteiger partial charge is 0.504 e. The quantitative estimate of drug-likeness (QED) is 0.545. The molecule has 0 aliphatic carbocycles. The van der Waals surface area contributed by atoms with Crippen molar-refractivity contribution in [2.45, 2.75) is 19.9 Å². The van der Waals surface area contributed by atoms with Gasteiger partial charge in [-0.15, -0.1) is 0 Å². The zero-order chi connectivity index (χ0) is 24.4. The first kappa shape index (κ1) is 23.3. The van der Waals surface area contributed by atoms with Crippen molar-refractivity contribution < 1.29 is 24.1 Å². The van der Waals surface area contributed by atoms with E-state index in [0.717, 1.165) is 0 Å². The zero-order valence-corrected chi connectivity index (χ0v) is 20.0. The summed E-state index contributed by atoms with van der Waals surface area (Å²) in [5.74, 6) is 0.396. The van der Waals surface area contributed by atoms with Gasteiger partial charge < -0.3 is 19.3 Å². The van der Waals surface area contributed by atoms with Gasteiger partial charge in [0.25, 0.3) is 5.56 Å². The van der Waals surface area contributed by atoms with Gasteiger partial charge in [0.2, 0.25) is 0 Å². The average molecular weight is 481 g/mol. The number of allylic oxidation sites excluding steroid dienone is 1. The van der Waals surface area contributed by atoms with Gasteiger partial charge in [0, 0.05) is 0 Å². The van der Waals surface area contributed by atoms with E-state index in [1.165, 1.54) is 29.1 Å². The van der Waals surface area contributed by atoms with E-state index < -0.39 is 12.0 Å². The van der Waals surface area contributed by atoms with Crippen molar-refractivity contribution in [2.75, 3.05) is 20.8 Å². The Balaban J connectivity index is 1.95. The number of ether oxygens (including phenoxy) is 3. The standard InChI is InChI=1S/C25H24N2O6S/c1-5-33-24(30)21-14(2)26-25-27(22(21)16-7-6-8-17(13-16)31-3)23(29)20(34-25)12-15-9-10-18(28)19(11-15)32-4/h6-13,22,28H,5H2,1-4H3/t22-/m1/s1. The molecule has 0 unspecified atom stereocenters. The number of methoxy groups -OCH3 is 2.